The Hall–Kier alpha value is -1.39. The molecule has 2 unspecified atom stereocenters. The number of aliphatic hydroxyl groups is 1. The molecule has 2 N–H and O–H groups in total. The van der Waals surface area contributed by atoms with E-state index in [1.807, 2.05) is 0 Å². The number of hydrogen-bond donors (Lipinski definition) is 2. The highest BCUT2D eigenvalue weighted by Gasteiger charge is 2.33. The number of aryl methyl sites for hydroxylation is 1. The molecule has 1 heterocycles. The van der Waals surface area contributed by atoms with Gasteiger partial charge >= 0.3 is 0 Å². The van der Waals surface area contributed by atoms with Crippen LogP contribution in [0.15, 0.2) is 24.3 Å². The lowest BCUT2D eigenvalue weighted by molar-refractivity contribution is -0.132. The van der Waals surface area contributed by atoms with E-state index in [-0.39, 0.29) is 24.6 Å². The molecule has 1 aliphatic rings. The third-order valence-corrected chi connectivity index (χ3v) is 3.73. The molecule has 1 aliphatic heterocycles. The first kappa shape index (κ1) is 14.0. The summed E-state index contributed by atoms with van der Waals surface area (Å²) in [6.45, 7) is 5.63. The zero-order valence-corrected chi connectivity index (χ0v) is 11.6. The topological polar surface area (TPSA) is 52.6 Å². The van der Waals surface area contributed by atoms with Gasteiger partial charge in [0.15, 0.2) is 0 Å². The van der Waals surface area contributed by atoms with Gasteiger partial charge in [0.25, 0.3) is 0 Å². The fraction of sp³-hybridized carbons (Fsp3) is 0.533. The zero-order chi connectivity index (χ0) is 13.8. The molecule has 2 atom stereocenters. The third-order valence-electron chi connectivity index (χ3n) is 3.73. The monoisotopic (exact) mass is 262 g/mol. The molecular weight excluding hydrogens is 240 g/mol. The molecule has 4 nitrogen and oxygen atoms in total. The fourth-order valence-electron chi connectivity index (χ4n) is 2.53. The van der Waals surface area contributed by atoms with Crippen LogP contribution in [0.1, 0.15) is 24.5 Å². The molecule has 1 amide bonds. The number of rotatable bonds is 4. The number of aliphatic hydroxyl groups excluding tert-OH is 1. The third kappa shape index (κ3) is 3.33. The first-order valence-corrected chi connectivity index (χ1v) is 6.81. The second-order valence-electron chi connectivity index (χ2n) is 5.28. The van der Waals surface area contributed by atoms with Crippen LogP contribution in [0.4, 0.5) is 0 Å². The van der Waals surface area contributed by atoms with Crippen LogP contribution in [0.3, 0.4) is 0 Å². The number of hydrogen-bond acceptors (Lipinski definition) is 3. The summed E-state index contributed by atoms with van der Waals surface area (Å²) in [7, 11) is 0. The van der Waals surface area contributed by atoms with E-state index < -0.39 is 0 Å². The molecule has 1 aromatic carbocycles. The maximum Gasteiger partial charge on any atom is 0.237 e. The van der Waals surface area contributed by atoms with Crippen molar-refractivity contribution in [1.29, 1.82) is 0 Å². The van der Waals surface area contributed by atoms with Gasteiger partial charge in [0.2, 0.25) is 5.91 Å². The Balaban J connectivity index is 2.13. The van der Waals surface area contributed by atoms with Crippen LogP contribution in [0, 0.1) is 6.92 Å². The van der Waals surface area contributed by atoms with Crippen molar-refractivity contribution in [2.45, 2.75) is 38.9 Å². The maximum absolute atomic E-state index is 11.9. The van der Waals surface area contributed by atoms with Crippen LogP contribution in [0.25, 0.3) is 0 Å². The van der Waals surface area contributed by atoms with E-state index >= 15 is 0 Å². The minimum atomic E-state index is -0.227. The quantitative estimate of drug-likeness (QED) is 0.853. The van der Waals surface area contributed by atoms with Crippen molar-refractivity contribution < 1.29 is 9.90 Å². The molecule has 0 aliphatic carbocycles. The van der Waals surface area contributed by atoms with Crippen molar-refractivity contribution in [2.24, 2.45) is 0 Å². The summed E-state index contributed by atoms with van der Waals surface area (Å²) in [6, 6.07) is 8.44. The molecule has 0 bridgehead atoms. The number of amides is 1. The Morgan fingerprint density at radius 1 is 1.37 bits per heavy atom. The standard InChI is InChI=1S/C15H22N2O2/c1-11-3-5-13(6-4-11)10-17-12(2)9-16-15(19)14(17)7-8-18/h3-6,12,14,18H,7-10H2,1-2H3,(H,16,19). The van der Waals surface area contributed by atoms with E-state index in [4.69, 9.17) is 5.11 Å². The SMILES string of the molecule is Cc1ccc(CN2C(C)CNC(=O)C2CCO)cc1. The Labute approximate surface area is 114 Å². The molecule has 19 heavy (non-hydrogen) atoms. The Kier molecular flexibility index (Phi) is 4.56. The number of carbonyl (C=O) groups excluding carboxylic acids is 1. The summed E-state index contributed by atoms with van der Waals surface area (Å²) in [5.74, 6) is 0.0271. The van der Waals surface area contributed by atoms with Crippen LogP contribution in [-0.2, 0) is 11.3 Å². The Morgan fingerprint density at radius 3 is 2.68 bits per heavy atom. The van der Waals surface area contributed by atoms with Crippen molar-refractivity contribution in [1.82, 2.24) is 10.2 Å². The predicted octanol–water partition coefficient (Wildman–Crippen LogP) is 1.07. The van der Waals surface area contributed by atoms with E-state index in [1.54, 1.807) is 0 Å². The Bertz CT molecular complexity index is 430. The molecule has 1 fully saturated rings. The molecule has 2 rings (SSSR count). The molecule has 1 aromatic rings. The van der Waals surface area contributed by atoms with Crippen LogP contribution in [0.5, 0.6) is 0 Å². The minimum Gasteiger partial charge on any atom is -0.396 e. The van der Waals surface area contributed by atoms with Gasteiger partial charge in [-0.05, 0) is 25.8 Å². The van der Waals surface area contributed by atoms with Crippen molar-refractivity contribution in [3.63, 3.8) is 0 Å². The summed E-state index contributed by atoms with van der Waals surface area (Å²) < 4.78 is 0. The van der Waals surface area contributed by atoms with Crippen LogP contribution in [0.2, 0.25) is 0 Å². The van der Waals surface area contributed by atoms with Crippen LogP contribution in [-0.4, -0.2) is 41.1 Å². The fourth-order valence-corrected chi connectivity index (χ4v) is 2.53. The van der Waals surface area contributed by atoms with Gasteiger partial charge in [0, 0.05) is 25.7 Å². The minimum absolute atomic E-state index is 0.0271. The molecule has 0 spiro atoms. The van der Waals surface area contributed by atoms with Gasteiger partial charge in [-0.2, -0.15) is 0 Å². The van der Waals surface area contributed by atoms with E-state index in [0.717, 1.165) is 6.54 Å². The van der Waals surface area contributed by atoms with Crippen molar-refractivity contribution >= 4 is 5.91 Å². The van der Waals surface area contributed by atoms with Gasteiger partial charge in [-0.15, -0.1) is 0 Å². The number of benzene rings is 1. The average molecular weight is 262 g/mol. The second kappa shape index (κ2) is 6.17. The number of nitrogens with one attached hydrogen (secondary N) is 1. The van der Waals surface area contributed by atoms with Gasteiger partial charge in [-0.1, -0.05) is 29.8 Å². The van der Waals surface area contributed by atoms with E-state index in [2.05, 4.69) is 48.3 Å². The predicted molar refractivity (Wildman–Crippen MR) is 74.7 cm³/mol. The molecule has 104 valence electrons. The van der Waals surface area contributed by atoms with Crippen LogP contribution < -0.4 is 5.32 Å². The van der Waals surface area contributed by atoms with Crippen LogP contribution >= 0.6 is 0 Å². The summed E-state index contributed by atoms with van der Waals surface area (Å²) >= 11 is 0. The summed E-state index contributed by atoms with van der Waals surface area (Å²) in [5.41, 5.74) is 2.44. The first-order chi connectivity index (χ1) is 9.11. The maximum atomic E-state index is 11.9. The van der Waals surface area contributed by atoms with E-state index in [0.29, 0.717) is 13.0 Å². The highest BCUT2D eigenvalue weighted by Crippen LogP contribution is 2.18. The summed E-state index contributed by atoms with van der Waals surface area (Å²) in [6.07, 6.45) is 0.488. The average Bonchev–Trinajstić information content (AvgIpc) is 2.40. The molecule has 0 aromatic heterocycles. The number of nitrogens with zero attached hydrogens (tertiary/aromatic N) is 1. The number of carbonyl (C=O) groups is 1. The largest absolute Gasteiger partial charge is 0.396 e. The molecule has 1 saturated heterocycles. The normalized spacial score (nSPS) is 24.3. The van der Waals surface area contributed by atoms with Gasteiger partial charge in [0.05, 0.1) is 6.04 Å². The lowest BCUT2D eigenvalue weighted by atomic mass is 10.0. The van der Waals surface area contributed by atoms with E-state index in [1.165, 1.54) is 11.1 Å². The lowest BCUT2D eigenvalue weighted by Gasteiger charge is -2.40. The molecule has 0 radical (unpaired) electrons. The number of piperazine rings is 1. The van der Waals surface area contributed by atoms with Gasteiger partial charge < -0.3 is 10.4 Å². The summed E-state index contributed by atoms with van der Waals surface area (Å²) in [5, 5.41) is 12.0. The lowest BCUT2D eigenvalue weighted by Crippen LogP contribution is -2.59. The van der Waals surface area contributed by atoms with Crippen molar-refractivity contribution in [3.8, 4) is 0 Å². The van der Waals surface area contributed by atoms with Crippen molar-refractivity contribution in [3.05, 3.63) is 35.4 Å². The molecular formula is C15H22N2O2. The highest BCUT2D eigenvalue weighted by atomic mass is 16.3. The Morgan fingerprint density at radius 2 is 2.05 bits per heavy atom. The first-order valence-electron chi connectivity index (χ1n) is 6.81. The smallest absolute Gasteiger partial charge is 0.237 e. The van der Waals surface area contributed by atoms with Gasteiger partial charge in [-0.3, -0.25) is 9.69 Å². The molecule has 4 heteroatoms. The zero-order valence-electron chi connectivity index (χ0n) is 11.6. The van der Waals surface area contributed by atoms with Crippen molar-refractivity contribution in [2.75, 3.05) is 13.2 Å². The molecule has 0 saturated carbocycles. The summed E-state index contributed by atoms with van der Waals surface area (Å²) in [4.78, 5) is 14.1. The van der Waals surface area contributed by atoms with Gasteiger partial charge in [0.1, 0.15) is 0 Å². The highest BCUT2D eigenvalue weighted by molar-refractivity contribution is 5.82. The van der Waals surface area contributed by atoms with Gasteiger partial charge in [-0.25, -0.2) is 0 Å². The second-order valence-corrected chi connectivity index (χ2v) is 5.28. The van der Waals surface area contributed by atoms with E-state index in [9.17, 15) is 4.79 Å².